The molecular weight excluding hydrogens is 452 g/mol. The highest BCUT2D eigenvalue weighted by atomic mass is 16.5. The Morgan fingerprint density at radius 3 is 1.97 bits per heavy atom. The molecule has 3 rings (SSSR count). The summed E-state index contributed by atoms with van der Waals surface area (Å²) in [7, 11) is 0. The standard InChI is InChI=1S/C25H30N4O6/c1-6-29-19-11-10-16(12-18(19)26-15(5)25(29)32)23(30)27-28-24(31)17-13-20(33-7-2)22(35-9-4)21(14-17)34-8-3/h10-14H,6-9H2,1-5H3,(H,27,30)(H,28,31). The predicted octanol–water partition coefficient (Wildman–Crippen LogP) is 3.00. The molecule has 2 aromatic carbocycles. The van der Waals surface area contributed by atoms with Crippen LogP contribution < -0.4 is 30.6 Å². The molecular formula is C25H30N4O6. The number of carbonyl (C=O) groups is 2. The fourth-order valence-electron chi connectivity index (χ4n) is 3.61. The van der Waals surface area contributed by atoms with E-state index < -0.39 is 11.8 Å². The summed E-state index contributed by atoms with van der Waals surface area (Å²) in [6, 6.07) is 7.88. The molecule has 3 aromatic rings. The van der Waals surface area contributed by atoms with E-state index in [-0.39, 0.29) is 16.7 Å². The largest absolute Gasteiger partial charge is 0.490 e. The first-order valence-electron chi connectivity index (χ1n) is 11.5. The molecule has 186 valence electrons. The summed E-state index contributed by atoms with van der Waals surface area (Å²) in [6.07, 6.45) is 0. The van der Waals surface area contributed by atoms with Crippen LogP contribution in [0.25, 0.3) is 11.0 Å². The van der Waals surface area contributed by atoms with Crippen LogP contribution in [-0.2, 0) is 6.54 Å². The summed E-state index contributed by atoms with van der Waals surface area (Å²) in [6.45, 7) is 10.6. The third-order valence-electron chi connectivity index (χ3n) is 5.15. The molecule has 0 saturated heterocycles. The highest BCUT2D eigenvalue weighted by Gasteiger charge is 2.19. The van der Waals surface area contributed by atoms with Crippen LogP contribution in [0.5, 0.6) is 17.2 Å². The highest BCUT2D eigenvalue weighted by Crippen LogP contribution is 2.39. The first-order valence-corrected chi connectivity index (χ1v) is 11.5. The van der Waals surface area contributed by atoms with Crippen molar-refractivity contribution in [3.63, 3.8) is 0 Å². The Kier molecular flexibility index (Phi) is 8.30. The van der Waals surface area contributed by atoms with Gasteiger partial charge in [0.15, 0.2) is 11.5 Å². The molecule has 0 bridgehead atoms. The van der Waals surface area contributed by atoms with E-state index in [0.29, 0.717) is 60.3 Å². The minimum Gasteiger partial charge on any atom is -0.490 e. The highest BCUT2D eigenvalue weighted by molar-refractivity contribution is 6.01. The van der Waals surface area contributed by atoms with Gasteiger partial charge in [0.25, 0.3) is 17.4 Å². The molecule has 10 nitrogen and oxygen atoms in total. The average Bonchev–Trinajstić information content (AvgIpc) is 2.85. The van der Waals surface area contributed by atoms with E-state index in [4.69, 9.17) is 14.2 Å². The third kappa shape index (κ3) is 5.53. The van der Waals surface area contributed by atoms with Crippen molar-refractivity contribution in [2.75, 3.05) is 19.8 Å². The fraction of sp³-hybridized carbons (Fsp3) is 0.360. The second kappa shape index (κ2) is 11.4. The number of amides is 2. The molecule has 2 amide bonds. The monoisotopic (exact) mass is 482 g/mol. The van der Waals surface area contributed by atoms with Crippen molar-refractivity contribution < 1.29 is 23.8 Å². The molecule has 0 radical (unpaired) electrons. The molecule has 0 atom stereocenters. The van der Waals surface area contributed by atoms with Gasteiger partial charge in [-0.1, -0.05) is 0 Å². The van der Waals surface area contributed by atoms with Gasteiger partial charge in [-0.3, -0.25) is 25.2 Å². The van der Waals surface area contributed by atoms with Gasteiger partial charge in [0.1, 0.15) is 5.69 Å². The summed E-state index contributed by atoms with van der Waals surface area (Å²) in [5, 5.41) is 0. The zero-order chi connectivity index (χ0) is 25.5. The topological polar surface area (TPSA) is 121 Å². The zero-order valence-corrected chi connectivity index (χ0v) is 20.6. The molecule has 35 heavy (non-hydrogen) atoms. The minimum absolute atomic E-state index is 0.169. The first-order chi connectivity index (χ1) is 16.8. The zero-order valence-electron chi connectivity index (χ0n) is 20.6. The normalized spacial score (nSPS) is 10.7. The predicted molar refractivity (Wildman–Crippen MR) is 131 cm³/mol. The number of nitrogens with one attached hydrogen (secondary N) is 2. The average molecular weight is 483 g/mol. The number of ether oxygens (including phenoxy) is 3. The smallest absolute Gasteiger partial charge is 0.272 e. The number of carbonyl (C=O) groups excluding carboxylic acids is 2. The van der Waals surface area contributed by atoms with Gasteiger partial charge in [-0.05, 0) is 65.0 Å². The van der Waals surface area contributed by atoms with Crippen molar-refractivity contribution in [1.82, 2.24) is 20.4 Å². The Labute approximate surface area is 203 Å². The van der Waals surface area contributed by atoms with E-state index in [9.17, 15) is 14.4 Å². The number of benzene rings is 2. The lowest BCUT2D eigenvalue weighted by molar-refractivity contribution is 0.0846. The Morgan fingerprint density at radius 1 is 0.857 bits per heavy atom. The van der Waals surface area contributed by atoms with Crippen molar-refractivity contribution in [2.45, 2.75) is 41.2 Å². The Hall–Kier alpha value is -4.08. The summed E-state index contributed by atoms with van der Waals surface area (Å²) < 4.78 is 18.5. The minimum atomic E-state index is -0.558. The van der Waals surface area contributed by atoms with Crippen molar-refractivity contribution in [2.24, 2.45) is 0 Å². The number of aryl methyl sites for hydroxylation is 2. The molecule has 0 saturated carbocycles. The molecule has 0 aliphatic carbocycles. The van der Waals surface area contributed by atoms with Crippen LogP contribution in [0, 0.1) is 6.92 Å². The number of rotatable bonds is 9. The van der Waals surface area contributed by atoms with Crippen molar-refractivity contribution in [3.8, 4) is 17.2 Å². The van der Waals surface area contributed by atoms with E-state index in [0.717, 1.165) is 0 Å². The second-order valence-corrected chi connectivity index (χ2v) is 7.46. The van der Waals surface area contributed by atoms with Gasteiger partial charge in [0.05, 0.1) is 30.9 Å². The molecule has 0 aliphatic heterocycles. The molecule has 2 N–H and O–H groups in total. The van der Waals surface area contributed by atoms with Crippen LogP contribution in [0.1, 0.15) is 54.1 Å². The summed E-state index contributed by atoms with van der Waals surface area (Å²) >= 11 is 0. The van der Waals surface area contributed by atoms with Crippen LogP contribution in [0.3, 0.4) is 0 Å². The second-order valence-electron chi connectivity index (χ2n) is 7.46. The molecule has 0 aliphatic rings. The number of hydrogen-bond donors (Lipinski definition) is 2. The van der Waals surface area contributed by atoms with Gasteiger partial charge in [0.2, 0.25) is 5.75 Å². The van der Waals surface area contributed by atoms with Crippen molar-refractivity contribution in [3.05, 3.63) is 57.5 Å². The van der Waals surface area contributed by atoms with Gasteiger partial charge >= 0.3 is 0 Å². The van der Waals surface area contributed by atoms with Crippen molar-refractivity contribution >= 4 is 22.8 Å². The lowest BCUT2D eigenvalue weighted by atomic mass is 10.1. The maximum atomic E-state index is 12.8. The molecule has 0 unspecified atom stereocenters. The number of nitrogens with zero attached hydrogens (tertiary/aromatic N) is 2. The SMILES string of the molecule is CCOc1cc(C(=O)NNC(=O)c2ccc3c(c2)nc(C)c(=O)n3CC)cc(OCC)c1OCC. The maximum Gasteiger partial charge on any atom is 0.272 e. The van der Waals surface area contributed by atoms with Crippen molar-refractivity contribution in [1.29, 1.82) is 0 Å². The number of fused-ring (bicyclic) bond motifs is 1. The van der Waals surface area contributed by atoms with Crippen LogP contribution in [0.2, 0.25) is 0 Å². The number of aromatic nitrogens is 2. The quantitative estimate of drug-likeness (QED) is 0.450. The number of hydrogen-bond acceptors (Lipinski definition) is 7. The number of hydrazine groups is 1. The van der Waals surface area contributed by atoms with E-state index in [1.54, 1.807) is 29.7 Å². The Balaban J connectivity index is 1.82. The summed E-state index contributed by atoms with van der Waals surface area (Å²) in [5.41, 5.74) is 6.65. The Bertz CT molecular complexity index is 1270. The summed E-state index contributed by atoms with van der Waals surface area (Å²) in [5.74, 6) is 0.0681. The van der Waals surface area contributed by atoms with Crippen LogP contribution >= 0.6 is 0 Å². The van der Waals surface area contributed by atoms with Crippen LogP contribution in [0.15, 0.2) is 35.1 Å². The van der Waals surface area contributed by atoms with Gasteiger partial charge in [-0.25, -0.2) is 4.98 Å². The van der Waals surface area contributed by atoms with E-state index in [2.05, 4.69) is 15.8 Å². The lowest BCUT2D eigenvalue weighted by Gasteiger charge is -2.17. The summed E-state index contributed by atoms with van der Waals surface area (Å²) in [4.78, 5) is 42.1. The van der Waals surface area contributed by atoms with Gasteiger partial charge in [0, 0.05) is 17.7 Å². The van der Waals surface area contributed by atoms with Gasteiger partial charge in [-0.15, -0.1) is 0 Å². The van der Waals surface area contributed by atoms with E-state index in [1.165, 1.54) is 12.1 Å². The molecule has 10 heteroatoms. The fourth-order valence-corrected chi connectivity index (χ4v) is 3.61. The maximum absolute atomic E-state index is 12.8. The van der Waals surface area contributed by atoms with E-state index in [1.807, 2.05) is 27.7 Å². The first kappa shape index (κ1) is 25.5. The lowest BCUT2D eigenvalue weighted by Crippen LogP contribution is -2.41. The molecule has 0 fully saturated rings. The van der Waals surface area contributed by atoms with Gasteiger partial charge < -0.3 is 18.8 Å². The van der Waals surface area contributed by atoms with Gasteiger partial charge in [-0.2, -0.15) is 0 Å². The van der Waals surface area contributed by atoms with Crippen LogP contribution in [0.4, 0.5) is 0 Å². The van der Waals surface area contributed by atoms with E-state index >= 15 is 0 Å². The molecule has 1 heterocycles. The molecule has 1 aromatic heterocycles. The Morgan fingerprint density at radius 2 is 1.43 bits per heavy atom. The van der Waals surface area contributed by atoms with Crippen LogP contribution in [-0.4, -0.2) is 41.2 Å². The molecule has 0 spiro atoms. The third-order valence-corrected chi connectivity index (χ3v) is 5.15.